The second-order valence-electron chi connectivity index (χ2n) is 4.56. The monoisotopic (exact) mass is 236 g/mol. The molecule has 17 heavy (non-hydrogen) atoms. The van der Waals surface area contributed by atoms with Crippen LogP contribution in [0, 0.1) is 0 Å². The predicted molar refractivity (Wildman–Crippen MR) is 62.8 cm³/mol. The van der Waals surface area contributed by atoms with Gasteiger partial charge in [-0.15, -0.1) is 0 Å². The van der Waals surface area contributed by atoms with Crippen LogP contribution in [-0.4, -0.2) is 39.6 Å². The van der Waals surface area contributed by atoms with Gasteiger partial charge in [-0.3, -0.25) is 9.59 Å². The fraction of sp³-hybridized carbons (Fsp3) is 0.500. The van der Waals surface area contributed by atoms with Gasteiger partial charge in [0.2, 0.25) is 5.56 Å². The number of rotatable bonds is 3. The van der Waals surface area contributed by atoms with Crippen LogP contribution in [0.5, 0.6) is 0 Å². The number of pyridine rings is 1. The summed E-state index contributed by atoms with van der Waals surface area (Å²) in [7, 11) is 0. The Kier molecular flexibility index (Phi) is 3.02. The lowest BCUT2D eigenvalue weighted by molar-refractivity contribution is -0.0861. The summed E-state index contributed by atoms with van der Waals surface area (Å²) in [6.45, 7) is 2.68. The minimum Gasteiger partial charge on any atom is -0.386 e. The van der Waals surface area contributed by atoms with E-state index in [0.717, 1.165) is 6.42 Å². The van der Waals surface area contributed by atoms with Crippen molar-refractivity contribution in [1.82, 2.24) is 9.88 Å². The van der Waals surface area contributed by atoms with Crippen molar-refractivity contribution in [2.24, 2.45) is 0 Å². The number of carbonyl (C=O) groups excluding carboxylic acids is 1. The fourth-order valence-corrected chi connectivity index (χ4v) is 2.17. The summed E-state index contributed by atoms with van der Waals surface area (Å²) in [4.78, 5) is 27.0. The van der Waals surface area contributed by atoms with E-state index in [1.807, 2.05) is 6.92 Å². The number of hydrogen-bond acceptors (Lipinski definition) is 3. The molecule has 1 aliphatic rings. The molecule has 0 atom stereocenters. The molecular weight excluding hydrogens is 220 g/mol. The van der Waals surface area contributed by atoms with Crippen LogP contribution in [0.25, 0.3) is 0 Å². The third-order valence-corrected chi connectivity index (χ3v) is 2.97. The highest BCUT2D eigenvalue weighted by Gasteiger charge is 2.42. The zero-order valence-electron chi connectivity index (χ0n) is 9.77. The molecule has 1 fully saturated rings. The van der Waals surface area contributed by atoms with E-state index in [-0.39, 0.29) is 17.2 Å². The molecule has 5 nitrogen and oxygen atoms in total. The average Bonchev–Trinajstić information content (AvgIpc) is 2.25. The van der Waals surface area contributed by atoms with Crippen LogP contribution in [0.4, 0.5) is 0 Å². The molecule has 0 bridgehead atoms. The first kappa shape index (κ1) is 11.9. The van der Waals surface area contributed by atoms with E-state index < -0.39 is 5.60 Å². The van der Waals surface area contributed by atoms with E-state index in [1.54, 1.807) is 17.0 Å². The standard InChI is InChI=1S/C12H16N2O3/c1-2-6-12(17)7-14(8-12)11(16)9-4-3-5-10(15)13-9/h3-5,17H,2,6-8H2,1H3,(H,13,15). The molecular formula is C12H16N2O3. The van der Waals surface area contributed by atoms with Crippen LogP contribution < -0.4 is 5.56 Å². The highest BCUT2D eigenvalue weighted by atomic mass is 16.3. The topological polar surface area (TPSA) is 73.4 Å². The maximum Gasteiger partial charge on any atom is 0.270 e. The number of nitrogens with zero attached hydrogens (tertiary/aromatic N) is 1. The number of hydrogen-bond donors (Lipinski definition) is 2. The summed E-state index contributed by atoms with van der Waals surface area (Å²) in [6, 6.07) is 4.48. The van der Waals surface area contributed by atoms with Gasteiger partial charge in [-0.2, -0.15) is 0 Å². The van der Waals surface area contributed by atoms with Crippen molar-refractivity contribution in [1.29, 1.82) is 0 Å². The number of nitrogens with one attached hydrogen (secondary N) is 1. The Bertz CT molecular complexity index is 475. The number of aromatic amines is 1. The van der Waals surface area contributed by atoms with E-state index in [4.69, 9.17) is 0 Å². The molecule has 0 radical (unpaired) electrons. The van der Waals surface area contributed by atoms with Gasteiger partial charge >= 0.3 is 0 Å². The number of likely N-dealkylation sites (tertiary alicyclic amines) is 1. The molecule has 1 aromatic rings. The maximum absolute atomic E-state index is 11.9. The maximum atomic E-state index is 11.9. The second-order valence-corrected chi connectivity index (χ2v) is 4.56. The summed E-state index contributed by atoms with van der Waals surface area (Å²) in [5.41, 5.74) is -0.754. The molecule has 92 valence electrons. The van der Waals surface area contributed by atoms with Gasteiger partial charge in [-0.1, -0.05) is 19.4 Å². The fourth-order valence-electron chi connectivity index (χ4n) is 2.17. The van der Waals surface area contributed by atoms with Crippen molar-refractivity contribution in [2.45, 2.75) is 25.4 Å². The molecule has 0 unspecified atom stereocenters. The Labute approximate surface area is 99.1 Å². The molecule has 2 heterocycles. The van der Waals surface area contributed by atoms with Crippen LogP contribution in [0.15, 0.2) is 23.0 Å². The lowest BCUT2D eigenvalue weighted by atomic mass is 9.89. The number of aromatic nitrogens is 1. The molecule has 1 aromatic heterocycles. The van der Waals surface area contributed by atoms with Gasteiger partial charge in [-0.25, -0.2) is 0 Å². The van der Waals surface area contributed by atoms with Crippen molar-refractivity contribution in [3.63, 3.8) is 0 Å². The van der Waals surface area contributed by atoms with E-state index >= 15 is 0 Å². The second kappa shape index (κ2) is 4.33. The smallest absolute Gasteiger partial charge is 0.270 e. The third-order valence-electron chi connectivity index (χ3n) is 2.97. The zero-order valence-corrected chi connectivity index (χ0v) is 9.77. The van der Waals surface area contributed by atoms with Gasteiger partial charge in [0.15, 0.2) is 0 Å². The lowest BCUT2D eigenvalue weighted by Gasteiger charge is -2.46. The number of carbonyl (C=O) groups is 1. The molecule has 0 spiro atoms. The summed E-state index contributed by atoms with van der Waals surface area (Å²) >= 11 is 0. The molecule has 5 heteroatoms. The van der Waals surface area contributed by atoms with E-state index in [2.05, 4.69) is 4.98 Å². The normalized spacial score (nSPS) is 17.6. The zero-order chi connectivity index (χ0) is 12.5. The first-order valence-corrected chi connectivity index (χ1v) is 5.75. The summed E-state index contributed by atoms with van der Waals surface area (Å²) in [5, 5.41) is 9.96. The number of aliphatic hydroxyl groups is 1. The number of amides is 1. The first-order chi connectivity index (χ1) is 8.04. The Hall–Kier alpha value is -1.62. The average molecular weight is 236 g/mol. The highest BCUT2D eigenvalue weighted by molar-refractivity contribution is 5.93. The van der Waals surface area contributed by atoms with Gasteiger partial charge < -0.3 is 15.0 Å². The Balaban J connectivity index is 2.02. The molecule has 1 saturated heterocycles. The summed E-state index contributed by atoms with van der Waals surface area (Å²) in [5.74, 6) is -0.233. The van der Waals surface area contributed by atoms with Gasteiger partial charge in [-0.05, 0) is 12.5 Å². The van der Waals surface area contributed by atoms with Crippen LogP contribution in [-0.2, 0) is 0 Å². The Morgan fingerprint density at radius 3 is 2.82 bits per heavy atom. The van der Waals surface area contributed by atoms with Crippen LogP contribution >= 0.6 is 0 Å². The van der Waals surface area contributed by atoms with Crippen LogP contribution in [0.2, 0.25) is 0 Å². The van der Waals surface area contributed by atoms with Gasteiger partial charge in [0.05, 0.1) is 18.7 Å². The van der Waals surface area contributed by atoms with E-state index in [9.17, 15) is 14.7 Å². The Morgan fingerprint density at radius 2 is 2.24 bits per heavy atom. The SMILES string of the molecule is CCCC1(O)CN(C(=O)c2cccc(=O)[nH]2)C1. The van der Waals surface area contributed by atoms with Crippen molar-refractivity contribution >= 4 is 5.91 Å². The molecule has 0 aromatic carbocycles. The third kappa shape index (κ3) is 2.39. The molecule has 0 aliphatic carbocycles. The minimum absolute atomic E-state index is 0.233. The number of H-pyrrole nitrogens is 1. The first-order valence-electron chi connectivity index (χ1n) is 5.75. The number of β-amino-alcohol motifs (C(OH)–C–C–N with tert-alkyl or cyclic N) is 1. The highest BCUT2D eigenvalue weighted by Crippen LogP contribution is 2.26. The van der Waals surface area contributed by atoms with Crippen molar-refractivity contribution < 1.29 is 9.90 Å². The van der Waals surface area contributed by atoms with E-state index in [1.165, 1.54) is 6.07 Å². The molecule has 2 N–H and O–H groups in total. The molecule has 1 amide bonds. The quantitative estimate of drug-likeness (QED) is 0.796. The van der Waals surface area contributed by atoms with E-state index in [0.29, 0.717) is 19.5 Å². The van der Waals surface area contributed by atoms with Crippen molar-refractivity contribution in [3.8, 4) is 0 Å². The van der Waals surface area contributed by atoms with Gasteiger partial charge in [0.25, 0.3) is 5.91 Å². The molecule has 2 rings (SSSR count). The van der Waals surface area contributed by atoms with Crippen LogP contribution in [0.1, 0.15) is 30.3 Å². The molecule has 1 aliphatic heterocycles. The minimum atomic E-state index is -0.737. The summed E-state index contributed by atoms with van der Waals surface area (Å²) in [6.07, 6.45) is 1.59. The largest absolute Gasteiger partial charge is 0.386 e. The lowest BCUT2D eigenvalue weighted by Crippen LogP contribution is -2.63. The summed E-state index contributed by atoms with van der Waals surface area (Å²) < 4.78 is 0. The molecule has 0 saturated carbocycles. The predicted octanol–water partition coefficient (Wildman–Crippen LogP) is 0.362. The van der Waals surface area contributed by atoms with Crippen LogP contribution in [0.3, 0.4) is 0 Å². The Morgan fingerprint density at radius 1 is 1.53 bits per heavy atom. The van der Waals surface area contributed by atoms with Gasteiger partial charge in [0.1, 0.15) is 5.69 Å². The van der Waals surface area contributed by atoms with Gasteiger partial charge in [0, 0.05) is 6.07 Å². The van der Waals surface area contributed by atoms with Crippen molar-refractivity contribution in [2.75, 3.05) is 13.1 Å². The van der Waals surface area contributed by atoms with Crippen molar-refractivity contribution in [3.05, 3.63) is 34.2 Å².